The maximum atomic E-state index is 11.3. The molecule has 2 aromatic heterocycles. The van der Waals surface area contributed by atoms with E-state index < -0.39 is 0 Å². The van der Waals surface area contributed by atoms with Crippen LogP contribution >= 0.6 is 0 Å². The number of primary amides is 1. The lowest BCUT2D eigenvalue weighted by molar-refractivity contribution is -0.117. The lowest BCUT2D eigenvalue weighted by Gasteiger charge is -2.26. The van der Waals surface area contributed by atoms with E-state index in [1.807, 2.05) is 30.5 Å². The number of carbonyl (C=O) groups excluding carboxylic acids is 1. The van der Waals surface area contributed by atoms with Crippen molar-refractivity contribution >= 4 is 5.91 Å². The zero-order valence-corrected chi connectivity index (χ0v) is 25.3. The summed E-state index contributed by atoms with van der Waals surface area (Å²) in [6.45, 7) is 6.95. The van der Waals surface area contributed by atoms with E-state index in [2.05, 4.69) is 97.6 Å². The molecule has 0 bridgehead atoms. The first-order valence-corrected chi connectivity index (χ1v) is 15.1. The first-order chi connectivity index (χ1) is 20.9. The third kappa shape index (κ3) is 7.44. The highest BCUT2D eigenvalue weighted by atomic mass is 16.5. The van der Waals surface area contributed by atoms with Crippen molar-refractivity contribution in [1.29, 1.82) is 0 Å². The Labute approximate surface area is 254 Å². The first kappa shape index (κ1) is 29.9. The van der Waals surface area contributed by atoms with Crippen molar-refractivity contribution in [3.8, 4) is 5.75 Å². The fourth-order valence-corrected chi connectivity index (χ4v) is 6.05. The topological polar surface area (TPSA) is 94.1 Å². The summed E-state index contributed by atoms with van der Waals surface area (Å²) in [5.74, 6) is 1.85. The molecule has 6 nitrogen and oxygen atoms in total. The van der Waals surface area contributed by atoms with Crippen molar-refractivity contribution < 1.29 is 14.1 Å². The van der Waals surface area contributed by atoms with Crippen molar-refractivity contribution in [1.82, 2.24) is 10.1 Å². The van der Waals surface area contributed by atoms with Gasteiger partial charge in [0.2, 0.25) is 5.91 Å². The van der Waals surface area contributed by atoms with Gasteiger partial charge in [0.25, 0.3) is 0 Å². The van der Waals surface area contributed by atoms with Crippen LogP contribution in [-0.2, 0) is 17.6 Å². The first-order valence-electron chi connectivity index (χ1n) is 15.1. The van der Waals surface area contributed by atoms with E-state index in [9.17, 15) is 4.79 Å². The Morgan fingerprint density at radius 3 is 2.28 bits per heavy atom. The molecule has 0 spiro atoms. The largest absolute Gasteiger partial charge is 0.494 e. The number of hydrogen-bond donors (Lipinski definition) is 2. The highest BCUT2D eigenvalue weighted by molar-refractivity contribution is 5.76. The Bertz CT molecular complexity index is 1570. The fraction of sp³-hybridized carbons (Fsp3) is 0.297. The van der Waals surface area contributed by atoms with Crippen LogP contribution in [0.1, 0.15) is 89.4 Å². The molecule has 0 radical (unpaired) electrons. The number of aromatic amines is 1. The number of amides is 1. The molecule has 0 aliphatic carbocycles. The van der Waals surface area contributed by atoms with Gasteiger partial charge in [0.05, 0.1) is 18.7 Å². The van der Waals surface area contributed by atoms with Gasteiger partial charge in [-0.3, -0.25) is 4.79 Å². The van der Waals surface area contributed by atoms with Gasteiger partial charge in [-0.15, -0.1) is 0 Å². The zero-order chi connectivity index (χ0) is 30.2. The van der Waals surface area contributed by atoms with Crippen molar-refractivity contribution in [2.45, 2.75) is 64.2 Å². The van der Waals surface area contributed by atoms with Gasteiger partial charge >= 0.3 is 0 Å². The van der Waals surface area contributed by atoms with Gasteiger partial charge in [-0.1, -0.05) is 91.8 Å². The number of benzene rings is 3. The lowest BCUT2D eigenvalue weighted by Crippen LogP contribution is -2.14. The number of ether oxygens (including phenoxy) is 1. The maximum Gasteiger partial charge on any atom is 0.221 e. The third-order valence-corrected chi connectivity index (χ3v) is 8.05. The van der Waals surface area contributed by atoms with E-state index in [0.29, 0.717) is 6.61 Å². The van der Waals surface area contributed by atoms with Crippen LogP contribution < -0.4 is 10.5 Å². The van der Waals surface area contributed by atoms with E-state index >= 15 is 0 Å². The zero-order valence-electron chi connectivity index (χ0n) is 25.3. The van der Waals surface area contributed by atoms with Crippen molar-refractivity contribution in [2.75, 3.05) is 6.61 Å². The Kier molecular flexibility index (Phi) is 9.77. The quantitative estimate of drug-likeness (QED) is 0.132. The number of nitrogens with two attached hydrogens (primary N) is 1. The van der Waals surface area contributed by atoms with E-state index in [0.717, 1.165) is 42.0 Å². The standard InChI is InChI=1S/C37H41N3O3/c1-25(2)37-36(26(3)40-43-37)33(24-32(28-13-6-4-7-14-28)29-15-8-5-9-16-29)31-19-20-39-34(31)18-11-21-42-30-17-10-12-27(22-30)23-35(38)41/h4-10,12-17,19-20,22,25,32-33,39H,11,18,21,23-24H2,1-3H3,(H2,38,41). The number of carbonyl (C=O) groups is 1. The summed E-state index contributed by atoms with van der Waals surface area (Å²) in [4.78, 5) is 14.9. The number of nitrogens with one attached hydrogen (secondary N) is 1. The highest BCUT2D eigenvalue weighted by Gasteiger charge is 2.31. The van der Waals surface area contributed by atoms with Crippen LogP contribution in [0.15, 0.2) is 102 Å². The van der Waals surface area contributed by atoms with Gasteiger partial charge in [-0.05, 0) is 66.6 Å². The molecule has 6 heteroatoms. The third-order valence-electron chi connectivity index (χ3n) is 8.05. The van der Waals surface area contributed by atoms with Crippen LogP contribution in [0.2, 0.25) is 0 Å². The molecule has 5 aromatic rings. The molecule has 1 atom stereocenters. The summed E-state index contributed by atoms with van der Waals surface area (Å²) < 4.78 is 12.0. The smallest absolute Gasteiger partial charge is 0.221 e. The molecular weight excluding hydrogens is 534 g/mol. The monoisotopic (exact) mass is 575 g/mol. The minimum absolute atomic E-state index is 0.0849. The molecule has 3 N–H and O–H groups in total. The second kappa shape index (κ2) is 14.1. The number of aryl methyl sites for hydroxylation is 2. The van der Waals surface area contributed by atoms with Gasteiger partial charge in [0.1, 0.15) is 11.5 Å². The number of aromatic nitrogens is 2. The van der Waals surface area contributed by atoms with Crippen molar-refractivity contribution in [3.05, 3.63) is 142 Å². The molecule has 5 rings (SSSR count). The Balaban J connectivity index is 1.42. The molecule has 0 saturated carbocycles. The highest BCUT2D eigenvalue weighted by Crippen LogP contribution is 2.43. The Morgan fingerprint density at radius 1 is 0.930 bits per heavy atom. The van der Waals surface area contributed by atoms with Gasteiger partial charge in [0, 0.05) is 35.2 Å². The molecule has 1 amide bonds. The SMILES string of the molecule is Cc1noc(C(C)C)c1C(CC(c1ccccc1)c1ccccc1)c1cc[nH]c1CCCOc1cccc(CC(N)=O)c1. The second-order valence-corrected chi connectivity index (χ2v) is 11.5. The molecule has 43 heavy (non-hydrogen) atoms. The minimum Gasteiger partial charge on any atom is -0.494 e. The average molecular weight is 576 g/mol. The van der Waals surface area contributed by atoms with E-state index in [-0.39, 0.29) is 30.1 Å². The summed E-state index contributed by atoms with van der Waals surface area (Å²) in [5.41, 5.74) is 13.4. The summed E-state index contributed by atoms with van der Waals surface area (Å²) in [7, 11) is 0. The molecule has 0 aliphatic rings. The summed E-state index contributed by atoms with van der Waals surface area (Å²) >= 11 is 0. The predicted octanol–water partition coefficient (Wildman–Crippen LogP) is 7.83. The lowest BCUT2D eigenvalue weighted by atomic mass is 9.76. The molecule has 3 aromatic carbocycles. The van der Waals surface area contributed by atoms with Crippen LogP contribution in [0.5, 0.6) is 5.75 Å². The van der Waals surface area contributed by atoms with Crippen LogP contribution in [0.4, 0.5) is 0 Å². The summed E-state index contributed by atoms with van der Waals surface area (Å²) in [6, 6.07) is 31.3. The average Bonchev–Trinajstić information content (AvgIpc) is 3.63. The van der Waals surface area contributed by atoms with Gasteiger partial charge in [0.15, 0.2) is 0 Å². The number of H-pyrrole nitrogens is 1. The molecule has 0 saturated heterocycles. The summed E-state index contributed by atoms with van der Waals surface area (Å²) in [6.07, 6.45) is 4.80. The van der Waals surface area contributed by atoms with Crippen molar-refractivity contribution in [3.63, 3.8) is 0 Å². The maximum absolute atomic E-state index is 11.3. The Morgan fingerprint density at radius 2 is 1.63 bits per heavy atom. The molecule has 1 unspecified atom stereocenters. The van der Waals surface area contributed by atoms with Gasteiger partial charge in [-0.2, -0.15) is 0 Å². The van der Waals surface area contributed by atoms with Crippen LogP contribution in [0.3, 0.4) is 0 Å². The van der Waals surface area contributed by atoms with E-state index in [1.165, 1.54) is 27.9 Å². The molecule has 2 heterocycles. The van der Waals surface area contributed by atoms with Crippen LogP contribution in [-0.4, -0.2) is 22.7 Å². The van der Waals surface area contributed by atoms with Gasteiger partial charge in [-0.25, -0.2) is 0 Å². The second-order valence-electron chi connectivity index (χ2n) is 11.5. The molecule has 0 aliphatic heterocycles. The molecule has 222 valence electrons. The molecular formula is C37H41N3O3. The summed E-state index contributed by atoms with van der Waals surface area (Å²) in [5, 5.41) is 4.45. The van der Waals surface area contributed by atoms with E-state index in [1.54, 1.807) is 0 Å². The van der Waals surface area contributed by atoms with Crippen LogP contribution in [0.25, 0.3) is 0 Å². The number of hydrogen-bond acceptors (Lipinski definition) is 4. The normalized spacial score (nSPS) is 12.1. The van der Waals surface area contributed by atoms with Crippen LogP contribution in [0, 0.1) is 6.92 Å². The predicted molar refractivity (Wildman–Crippen MR) is 170 cm³/mol. The minimum atomic E-state index is -0.351. The Hall–Kier alpha value is -4.58. The van der Waals surface area contributed by atoms with Crippen molar-refractivity contribution in [2.24, 2.45) is 5.73 Å². The van der Waals surface area contributed by atoms with E-state index in [4.69, 9.17) is 15.0 Å². The number of nitrogens with zero attached hydrogens (tertiary/aromatic N) is 1. The molecule has 0 fully saturated rings. The van der Waals surface area contributed by atoms with Gasteiger partial charge < -0.3 is 20.0 Å². The fourth-order valence-electron chi connectivity index (χ4n) is 6.05. The number of rotatable bonds is 14.